The Labute approximate surface area is 418 Å². The lowest BCUT2D eigenvalue weighted by molar-refractivity contribution is 1.18. The molecule has 0 spiro atoms. The minimum absolute atomic E-state index is 1.08. The SMILES string of the molecule is c1ccc(-c2c(-c3ccccc3)c3cc(-c4cccc(N(c5cccc(-c6cccc7c6c6ccccc6n7-c6ccccc6)c5)c5cccc6c5ccc5ccccc56)c4)ccc3c3ccccc23)cc1. The molecule has 0 unspecified atom stereocenters. The van der Waals surface area contributed by atoms with Crippen LogP contribution < -0.4 is 4.90 Å². The zero-order valence-corrected chi connectivity index (χ0v) is 39.5. The second-order valence-electron chi connectivity index (χ2n) is 18.8. The lowest BCUT2D eigenvalue weighted by Crippen LogP contribution is -2.10. The van der Waals surface area contributed by atoms with Gasteiger partial charge in [-0.05, 0) is 143 Å². The first-order valence-corrected chi connectivity index (χ1v) is 24.8. The van der Waals surface area contributed by atoms with Gasteiger partial charge < -0.3 is 9.47 Å². The maximum absolute atomic E-state index is 2.47. The van der Waals surface area contributed by atoms with Gasteiger partial charge in [-0.15, -0.1) is 0 Å². The van der Waals surface area contributed by atoms with Crippen LogP contribution in [0.25, 0.3) is 115 Å². The number of rotatable bonds is 8. The van der Waals surface area contributed by atoms with E-state index < -0.39 is 0 Å². The summed E-state index contributed by atoms with van der Waals surface area (Å²) in [5, 5.41) is 12.4. The van der Waals surface area contributed by atoms with Gasteiger partial charge in [0.05, 0.1) is 16.7 Å². The van der Waals surface area contributed by atoms with E-state index in [-0.39, 0.29) is 0 Å². The number of benzene rings is 13. The number of hydrogen-bond acceptors (Lipinski definition) is 1. The number of para-hydroxylation sites is 2. The predicted octanol–water partition coefficient (Wildman–Crippen LogP) is 19.5. The van der Waals surface area contributed by atoms with E-state index in [4.69, 9.17) is 0 Å². The van der Waals surface area contributed by atoms with Gasteiger partial charge in [0.25, 0.3) is 0 Å². The van der Waals surface area contributed by atoms with Gasteiger partial charge in [0.2, 0.25) is 0 Å². The van der Waals surface area contributed by atoms with Gasteiger partial charge in [-0.2, -0.15) is 0 Å². The standard InChI is InChI=1S/C70H46N2/c1-4-21-48(22-5-1)68-62-33-13-12-32-59(62)60-42-41-51(46-64(60)69(68)49-23-6-2-7-24-49)50-25-16-29-54(44-50)71(65-38-19-36-58-56-31-11-10-20-47(56)40-43-61(58)65)55-30-17-26-52(45-55)57-35-18-39-67-70(57)63-34-14-15-37-66(63)72(67)53-27-8-3-9-28-53/h1-46H. The third kappa shape index (κ3) is 6.80. The summed E-state index contributed by atoms with van der Waals surface area (Å²) in [6, 6.07) is 102. The Kier molecular flexibility index (Phi) is 9.89. The molecule has 14 rings (SSSR count). The summed E-state index contributed by atoms with van der Waals surface area (Å²) in [7, 11) is 0. The molecular formula is C70H46N2. The summed E-state index contributed by atoms with van der Waals surface area (Å²) in [6.07, 6.45) is 0. The van der Waals surface area contributed by atoms with Crippen LogP contribution in [0.4, 0.5) is 17.1 Å². The van der Waals surface area contributed by atoms with Crippen LogP contribution in [0.1, 0.15) is 0 Å². The van der Waals surface area contributed by atoms with Crippen molar-refractivity contribution in [3.8, 4) is 50.2 Å². The molecule has 0 N–H and O–H groups in total. The normalized spacial score (nSPS) is 11.6. The molecule has 0 bridgehead atoms. The minimum Gasteiger partial charge on any atom is -0.310 e. The maximum atomic E-state index is 2.47. The summed E-state index contributed by atoms with van der Waals surface area (Å²) in [4.78, 5) is 2.47. The van der Waals surface area contributed by atoms with E-state index in [0.29, 0.717) is 0 Å². The molecule has 0 aliphatic carbocycles. The predicted molar refractivity (Wildman–Crippen MR) is 307 cm³/mol. The highest BCUT2D eigenvalue weighted by Crippen LogP contribution is 2.48. The average molecular weight is 915 g/mol. The average Bonchev–Trinajstić information content (AvgIpc) is 3.80. The minimum atomic E-state index is 1.08. The lowest BCUT2D eigenvalue weighted by Gasteiger charge is -2.28. The lowest BCUT2D eigenvalue weighted by atomic mass is 9.84. The van der Waals surface area contributed by atoms with E-state index in [0.717, 1.165) is 39.4 Å². The monoisotopic (exact) mass is 914 g/mol. The largest absolute Gasteiger partial charge is 0.310 e. The molecule has 0 amide bonds. The number of hydrogen-bond donors (Lipinski definition) is 0. The van der Waals surface area contributed by atoms with Crippen molar-refractivity contribution in [2.24, 2.45) is 0 Å². The quantitative estimate of drug-likeness (QED) is 0.138. The van der Waals surface area contributed by atoms with Crippen LogP contribution in [0.2, 0.25) is 0 Å². The van der Waals surface area contributed by atoms with Gasteiger partial charge in [-0.25, -0.2) is 0 Å². The molecule has 0 fully saturated rings. The molecule has 0 aliphatic heterocycles. The first-order valence-electron chi connectivity index (χ1n) is 24.8. The molecule has 72 heavy (non-hydrogen) atoms. The Morgan fingerprint density at radius 1 is 0.264 bits per heavy atom. The van der Waals surface area contributed by atoms with E-state index in [2.05, 4.69) is 289 Å². The van der Waals surface area contributed by atoms with Gasteiger partial charge >= 0.3 is 0 Å². The summed E-state index contributed by atoms with van der Waals surface area (Å²) in [6.45, 7) is 0. The van der Waals surface area contributed by atoms with Crippen molar-refractivity contribution in [2.45, 2.75) is 0 Å². The zero-order chi connectivity index (χ0) is 47.5. The number of nitrogens with zero attached hydrogens (tertiary/aromatic N) is 2. The van der Waals surface area contributed by atoms with Gasteiger partial charge in [0.15, 0.2) is 0 Å². The highest BCUT2D eigenvalue weighted by atomic mass is 15.1. The van der Waals surface area contributed by atoms with Gasteiger partial charge in [0.1, 0.15) is 0 Å². The summed E-state index contributed by atoms with van der Waals surface area (Å²) < 4.78 is 2.40. The third-order valence-electron chi connectivity index (χ3n) is 14.7. The summed E-state index contributed by atoms with van der Waals surface area (Å²) in [5.41, 5.74) is 16.4. The van der Waals surface area contributed by atoms with Crippen LogP contribution in [0.3, 0.4) is 0 Å². The molecule has 0 aliphatic rings. The second kappa shape index (κ2) is 17.2. The van der Waals surface area contributed by atoms with Crippen molar-refractivity contribution < 1.29 is 0 Å². The fourth-order valence-corrected chi connectivity index (χ4v) is 11.6. The Morgan fingerprint density at radius 2 is 0.764 bits per heavy atom. The highest BCUT2D eigenvalue weighted by Gasteiger charge is 2.22. The van der Waals surface area contributed by atoms with E-state index in [1.807, 2.05) is 0 Å². The molecule has 2 heteroatoms. The van der Waals surface area contributed by atoms with Gasteiger partial charge in [-0.1, -0.05) is 218 Å². The molecule has 0 radical (unpaired) electrons. The molecule has 2 nitrogen and oxygen atoms in total. The van der Waals surface area contributed by atoms with Crippen molar-refractivity contribution in [3.05, 3.63) is 279 Å². The number of fused-ring (bicyclic) bond motifs is 9. The third-order valence-corrected chi connectivity index (χ3v) is 14.7. The Hall–Kier alpha value is -9.50. The first kappa shape index (κ1) is 41.5. The molecular weight excluding hydrogens is 869 g/mol. The van der Waals surface area contributed by atoms with Crippen LogP contribution >= 0.6 is 0 Å². The zero-order valence-electron chi connectivity index (χ0n) is 39.5. The highest BCUT2D eigenvalue weighted by molar-refractivity contribution is 6.22. The topological polar surface area (TPSA) is 8.17 Å². The van der Waals surface area contributed by atoms with Crippen molar-refractivity contribution in [3.63, 3.8) is 0 Å². The molecule has 0 atom stereocenters. The van der Waals surface area contributed by atoms with Crippen molar-refractivity contribution in [1.82, 2.24) is 4.57 Å². The van der Waals surface area contributed by atoms with Gasteiger partial charge in [-0.3, -0.25) is 0 Å². The van der Waals surface area contributed by atoms with Crippen LogP contribution in [-0.4, -0.2) is 4.57 Å². The summed E-state index contributed by atoms with van der Waals surface area (Å²) >= 11 is 0. The van der Waals surface area contributed by atoms with E-state index in [1.54, 1.807) is 0 Å². The van der Waals surface area contributed by atoms with Crippen molar-refractivity contribution in [1.29, 1.82) is 0 Å². The maximum Gasteiger partial charge on any atom is 0.0547 e. The molecule has 1 heterocycles. The second-order valence-corrected chi connectivity index (χ2v) is 18.8. The van der Waals surface area contributed by atoms with Crippen LogP contribution in [-0.2, 0) is 0 Å². The Bertz CT molecular complexity index is 4380. The number of anilines is 3. The Balaban J connectivity index is 0.986. The van der Waals surface area contributed by atoms with E-state index in [9.17, 15) is 0 Å². The molecule has 1 aromatic heterocycles. The summed E-state index contributed by atoms with van der Waals surface area (Å²) in [5.74, 6) is 0. The van der Waals surface area contributed by atoms with Gasteiger partial charge in [0, 0.05) is 33.2 Å². The number of aromatic nitrogens is 1. The van der Waals surface area contributed by atoms with Crippen molar-refractivity contribution >= 4 is 82.0 Å². The molecule has 336 valence electrons. The molecule has 14 aromatic rings. The molecule has 13 aromatic carbocycles. The first-order chi connectivity index (χ1) is 35.7. The van der Waals surface area contributed by atoms with Crippen LogP contribution in [0.5, 0.6) is 0 Å². The Morgan fingerprint density at radius 3 is 1.53 bits per heavy atom. The van der Waals surface area contributed by atoms with Crippen LogP contribution in [0, 0.1) is 0 Å². The van der Waals surface area contributed by atoms with E-state index in [1.165, 1.54) is 92.7 Å². The fourth-order valence-electron chi connectivity index (χ4n) is 11.6. The van der Waals surface area contributed by atoms with Crippen molar-refractivity contribution in [2.75, 3.05) is 4.90 Å². The molecule has 0 saturated heterocycles. The van der Waals surface area contributed by atoms with E-state index >= 15 is 0 Å². The fraction of sp³-hybridized carbons (Fsp3) is 0. The molecule has 0 saturated carbocycles. The van der Waals surface area contributed by atoms with Crippen LogP contribution in [0.15, 0.2) is 279 Å². The smallest absolute Gasteiger partial charge is 0.0547 e.